The Morgan fingerprint density at radius 3 is 2.88 bits per heavy atom. The van der Waals surface area contributed by atoms with Crippen LogP contribution in [0.1, 0.15) is 41.0 Å². The molecule has 0 unspecified atom stereocenters. The summed E-state index contributed by atoms with van der Waals surface area (Å²) < 4.78 is 1.76. The lowest BCUT2D eigenvalue weighted by atomic mass is 9.99. The molecular formula is C19H25N5O. The highest BCUT2D eigenvalue weighted by atomic mass is 16.2. The van der Waals surface area contributed by atoms with Crippen molar-refractivity contribution in [3.05, 3.63) is 41.2 Å². The predicted octanol–water partition coefficient (Wildman–Crippen LogP) is 2.19. The van der Waals surface area contributed by atoms with Gasteiger partial charge >= 0.3 is 0 Å². The first-order valence-corrected chi connectivity index (χ1v) is 9.16. The van der Waals surface area contributed by atoms with E-state index in [9.17, 15) is 4.79 Å². The molecular weight excluding hydrogens is 314 g/mol. The van der Waals surface area contributed by atoms with Gasteiger partial charge in [-0.05, 0) is 50.9 Å². The highest BCUT2D eigenvalue weighted by Gasteiger charge is 2.33. The Kier molecular flexibility index (Phi) is 4.29. The molecule has 0 bridgehead atoms. The maximum absolute atomic E-state index is 13.0. The van der Waals surface area contributed by atoms with E-state index in [1.807, 2.05) is 36.9 Å². The summed E-state index contributed by atoms with van der Waals surface area (Å²) in [7, 11) is 0. The van der Waals surface area contributed by atoms with Gasteiger partial charge in [0.2, 0.25) is 0 Å². The van der Waals surface area contributed by atoms with Gasteiger partial charge in [0.15, 0.2) is 5.69 Å². The van der Waals surface area contributed by atoms with Gasteiger partial charge in [-0.2, -0.15) is 0 Å². The van der Waals surface area contributed by atoms with Crippen molar-refractivity contribution < 1.29 is 4.79 Å². The highest BCUT2D eigenvalue weighted by molar-refractivity contribution is 5.93. The number of carbonyl (C=O) groups is 1. The average molecular weight is 339 g/mol. The maximum atomic E-state index is 13.0. The zero-order valence-electron chi connectivity index (χ0n) is 15.0. The van der Waals surface area contributed by atoms with Gasteiger partial charge in [0.1, 0.15) is 0 Å². The lowest BCUT2D eigenvalue weighted by molar-refractivity contribution is 0.0367. The van der Waals surface area contributed by atoms with E-state index in [1.165, 1.54) is 25.8 Å². The third kappa shape index (κ3) is 3.06. The van der Waals surface area contributed by atoms with Gasteiger partial charge in [-0.3, -0.25) is 9.69 Å². The monoisotopic (exact) mass is 339 g/mol. The van der Waals surface area contributed by atoms with Gasteiger partial charge in [-0.15, -0.1) is 5.10 Å². The van der Waals surface area contributed by atoms with E-state index < -0.39 is 0 Å². The molecule has 2 aliphatic rings. The Hall–Kier alpha value is -2.21. The van der Waals surface area contributed by atoms with Crippen molar-refractivity contribution in [1.29, 1.82) is 0 Å². The number of nitrogens with zero attached hydrogens (tertiary/aromatic N) is 5. The fraction of sp³-hybridized carbons (Fsp3) is 0.526. The van der Waals surface area contributed by atoms with Crippen LogP contribution in [-0.4, -0.2) is 62.9 Å². The van der Waals surface area contributed by atoms with E-state index in [0.29, 0.717) is 11.7 Å². The van der Waals surface area contributed by atoms with E-state index in [0.717, 1.165) is 36.6 Å². The number of hydrogen-bond acceptors (Lipinski definition) is 4. The first kappa shape index (κ1) is 16.3. The summed E-state index contributed by atoms with van der Waals surface area (Å²) in [5.74, 6) is 0.0154. The first-order chi connectivity index (χ1) is 12.1. The van der Waals surface area contributed by atoms with Gasteiger partial charge < -0.3 is 4.90 Å². The van der Waals surface area contributed by atoms with Crippen LogP contribution in [0.2, 0.25) is 0 Å². The molecule has 1 aromatic heterocycles. The van der Waals surface area contributed by atoms with E-state index in [1.54, 1.807) is 4.68 Å². The molecule has 4 rings (SSSR count). The summed E-state index contributed by atoms with van der Waals surface area (Å²) in [5, 5.41) is 8.44. The van der Waals surface area contributed by atoms with Gasteiger partial charge in [-0.1, -0.05) is 23.8 Å². The number of aryl methyl sites for hydroxylation is 1. The Labute approximate surface area is 148 Å². The molecule has 3 heterocycles. The second-order valence-electron chi connectivity index (χ2n) is 7.21. The van der Waals surface area contributed by atoms with Crippen LogP contribution >= 0.6 is 0 Å². The number of benzene rings is 1. The number of amides is 1. The van der Waals surface area contributed by atoms with Gasteiger partial charge in [0.05, 0.1) is 11.4 Å². The minimum atomic E-state index is 0.0154. The lowest BCUT2D eigenvalue weighted by Crippen LogP contribution is -2.56. The van der Waals surface area contributed by atoms with E-state index >= 15 is 0 Å². The van der Waals surface area contributed by atoms with Crippen LogP contribution in [0, 0.1) is 13.8 Å². The third-order valence-electron chi connectivity index (χ3n) is 5.47. The maximum Gasteiger partial charge on any atom is 0.276 e. The number of piperazine rings is 1. The number of rotatable bonds is 2. The van der Waals surface area contributed by atoms with Crippen molar-refractivity contribution in [3.63, 3.8) is 0 Å². The van der Waals surface area contributed by atoms with Crippen molar-refractivity contribution in [1.82, 2.24) is 24.8 Å². The molecule has 1 aromatic carbocycles. The second kappa shape index (κ2) is 6.59. The SMILES string of the molecule is Cc1cccc(-n2nnc(C(=O)N3CCN4CCCC[C@@H]4C3)c2C)c1. The number of carbonyl (C=O) groups excluding carboxylic acids is 1. The minimum Gasteiger partial charge on any atom is -0.334 e. The number of piperidine rings is 1. The fourth-order valence-corrected chi connectivity index (χ4v) is 4.02. The molecule has 6 heteroatoms. The zero-order valence-corrected chi connectivity index (χ0v) is 15.0. The highest BCUT2D eigenvalue weighted by Crippen LogP contribution is 2.23. The van der Waals surface area contributed by atoms with Gasteiger partial charge in [0, 0.05) is 25.7 Å². The van der Waals surface area contributed by atoms with Gasteiger partial charge in [0.25, 0.3) is 5.91 Å². The van der Waals surface area contributed by atoms with Crippen molar-refractivity contribution in [2.45, 2.75) is 39.2 Å². The molecule has 2 fully saturated rings. The molecule has 0 aliphatic carbocycles. The summed E-state index contributed by atoms with van der Waals surface area (Å²) in [4.78, 5) is 17.5. The van der Waals surface area contributed by atoms with Gasteiger partial charge in [-0.25, -0.2) is 4.68 Å². The Morgan fingerprint density at radius 2 is 2.04 bits per heavy atom. The largest absolute Gasteiger partial charge is 0.334 e. The molecule has 0 N–H and O–H groups in total. The number of aromatic nitrogens is 3. The summed E-state index contributed by atoms with van der Waals surface area (Å²) >= 11 is 0. The molecule has 1 atom stereocenters. The Morgan fingerprint density at radius 1 is 1.16 bits per heavy atom. The summed E-state index contributed by atoms with van der Waals surface area (Å²) in [5.41, 5.74) is 3.39. The molecule has 0 saturated carbocycles. The Balaban J connectivity index is 1.55. The van der Waals surface area contributed by atoms with E-state index in [-0.39, 0.29) is 5.91 Å². The zero-order chi connectivity index (χ0) is 17.4. The standard InChI is InChI=1S/C19H25N5O/c1-14-6-5-8-16(12-14)24-15(2)18(20-21-24)19(25)23-11-10-22-9-4-3-7-17(22)13-23/h5-6,8,12,17H,3-4,7,9-11,13H2,1-2H3/t17-/m1/s1. The first-order valence-electron chi connectivity index (χ1n) is 9.16. The molecule has 1 amide bonds. The predicted molar refractivity (Wildman–Crippen MR) is 95.9 cm³/mol. The fourth-order valence-electron chi connectivity index (χ4n) is 4.02. The molecule has 6 nitrogen and oxygen atoms in total. The van der Waals surface area contributed by atoms with Crippen molar-refractivity contribution in [3.8, 4) is 5.69 Å². The topological polar surface area (TPSA) is 54.3 Å². The summed E-state index contributed by atoms with van der Waals surface area (Å²) in [6.07, 6.45) is 3.75. The van der Waals surface area contributed by atoms with Crippen molar-refractivity contribution in [2.24, 2.45) is 0 Å². The molecule has 0 radical (unpaired) electrons. The number of hydrogen-bond donors (Lipinski definition) is 0. The average Bonchev–Trinajstić information content (AvgIpc) is 3.02. The van der Waals surface area contributed by atoms with Crippen molar-refractivity contribution >= 4 is 5.91 Å². The smallest absolute Gasteiger partial charge is 0.276 e. The van der Waals surface area contributed by atoms with Crippen LogP contribution in [0.5, 0.6) is 0 Å². The molecule has 132 valence electrons. The normalized spacial score (nSPS) is 21.2. The summed E-state index contributed by atoms with van der Waals surface area (Å²) in [6.45, 7) is 7.72. The molecule has 0 spiro atoms. The quantitative estimate of drug-likeness (QED) is 0.842. The van der Waals surface area contributed by atoms with Crippen LogP contribution in [0.15, 0.2) is 24.3 Å². The van der Waals surface area contributed by atoms with E-state index in [2.05, 4.69) is 21.3 Å². The summed E-state index contributed by atoms with van der Waals surface area (Å²) in [6, 6.07) is 8.60. The van der Waals surface area contributed by atoms with Crippen LogP contribution in [-0.2, 0) is 0 Å². The van der Waals surface area contributed by atoms with Crippen molar-refractivity contribution in [2.75, 3.05) is 26.2 Å². The van der Waals surface area contributed by atoms with Crippen LogP contribution < -0.4 is 0 Å². The molecule has 2 saturated heterocycles. The number of fused-ring (bicyclic) bond motifs is 1. The van der Waals surface area contributed by atoms with E-state index in [4.69, 9.17) is 0 Å². The molecule has 25 heavy (non-hydrogen) atoms. The minimum absolute atomic E-state index is 0.0154. The van der Waals surface area contributed by atoms with Crippen LogP contribution in [0.4, 0.5) is 0 Å². The molecule has 2 aliphatic heterocycles. The van der Waals surface area contributed by atoms with Crippen LogP contribution in [0.25, 0.3) is 5.69 Å². The molecule has 2 aromatic rings. The second-order valence-corrected chi connectivity index (χ2v) is 7.21. The third-order valence-corrected chi connectivity index (χ3v) is 5.47. The Bertz CT molecular complexity index is 784. The van der Waals surface area contributed by atoms with Crippen LogP contribution in [0.3, 0.4) is 0 Å². The lowest BCUT2D eigenvalue weighted by Gasteiger charge is -2.43.